The Bertz CT molecular complexity index is 226. The van der Waals surface area contributed by atoms with Crippen LogP contribution < -0.4 is 0 Å². The third-order valence-electron chi connectivity index (χ3n) is 3.14. The van der Waals surface area contributed by atoms with Crippen molar-refractivity contribution >= 4 is 5.97 Å². The summed E-state index contributed by atoms with van der Waals surface area (Å²) in [5.41, 5.74) is 0.0884. The molecule has 82 valence electrons. The molecule has 0 aromatic rings. The predicted octanol–water partition coefficient (Wildman–Crippen LogP) is 2.92. The van der Waals surface area contributed by atoms with Crippen molar-refractivity contribution in [2.24, 2.45) is 11.3 Å². The van der Waals surface area contributed by atoms with Crippen LogP contribution in [0.4, 0.5) is 8.78 Å². The van der Waals surface area contributed by atoms with E-state index in [0.717, 1.165) is 0 Å². The van der Waals surface area contributed by atoms with E-state index in [4.69, 9.17) is 5.11 Å². The van der Waals surface area contributed by atoms with Crippen molar-refractivity contribution in [3.63, 3.8) is 0 Å². The van der Waals surface area contributed by atoms with Crippen LogP contribution in [-0.4, -0.2) is 17.0 Å². The summed E-state index contributed by atoms with van der Waals surface area (Å²) < 4.78 is 26.2. The summed E-state index contributed by atoms with van der Waals surface area (Å²) in [5.74, 6) is -6.51. The Kier molecular flexibility index (Phi) is 2.83. The third kappa shape index (κ3) is 2.22. The molecule has 2 nitrogen and oxygen atoms in total. The molecule has 1 saturated carbocycles. The van der Waals surface area contributed by atoms with Crippen molar-refractivity contribution < 1.29 is 18.7 Å². The molecule has 4 heteroatoms. The molecule has 0 amide bonds. The van der Waals surface area contributed by atoms with Gasteiger partial charge in [-0.1, -0.05) is 13.8 Å². The third-order valence-corrected chi connectivity index (χ3v) is 3.14. The quantitative estimate of drug-likeness (QED) is 0.754. The lowest BCUT2D eigenvalue weighted by molar-refractivity contribution is -0.176. The van der Waals surface area contributed by atoms with Crippen LogP contribution >= 0.6 is 0 Å². The zero-order valence-corrected chi connectivity index (χ0v) is 8.52. The molecule has 1 fully saturated rings. The second-order valence-corrected chi connectivity index (χ2v) is 4.87. The molecular formula is C10H16F2O2. The van der Waals surface area contributed by atoms with Crippen molar-refractivity contribution in [1.29, 1.82) is 0 Å². The Morgan fingerprint density at radius 3 is 2.14 bits per heavy atom. The molecule has 0 saturated heterocycles. The Hall–Kier alpha value is -0.670. The first-order chi connectivity index (χ1) is 6.26. The average molecular weight is 206 g/mol. The van der Waals surface area contributed by atoms with E-state index < -0.39 is 17.8 Å². The lowest BCUT2D eigenvalue weighted by Gasteiger charge is -2.36. The van der Waals surface area contributed by atoms with E-state index in [0.29, 0.717) is 25.7 Å². The van der Waals surface area contributed by atoms with Gasteiger partial charge in [-0.3, -0.25) is 0 Å². The fraction of sp³-hybridized carbons (Fsp3) is 0.900. The Morgan fingerprint density at radius 2 is 1.79 bits per heavy atom. The molecule has 0 aliphatic heterocycles. The fourth-order valence-corrected chi connectivity index (χ4v) is 1.94. The lowest BCUT2D eigenvalue weighted by atomic mass is 9.71. The minimum absolute atomic E-state index is 0.0884. The molecule has 1 rings (SSSR count). The summed E-state index contributed by atoms with van der Waals surface area (Å²) in [7, 11) is 0. The summed E-state index contributed by atoms with van der Waals surface area (Å²) in [6, 6.07) is 0. The van der Waals surface area contributed by atoms with Gasteiger partial charge in [0.05, 0.1) is 0 Å². The number of alkyl halides is 2. The van der Waals surface area contributed by atoms with E-state index in [9.17, 15) is 13.6 Å². The van der Waals surface area contributed by atoms with E-state index in [1.807, 2.05) is 13.8 Å². The highest BCUT2D eigenvalue weighted by atomic mass is 19.3. The van der Waals surface area contributed by atoms with E-state index in [-0.39, 0.29) is 5.41 Å². The van der Waals surface area contributed by atoms with Gasteiger partial charge in [0.1, 0.15) is 0 Å². The molecule has 0 aromatic heterocycles. The van der Waals surface area contributed by atoms with Gasteiger partial charge in [0.15, 0.2) is 0 Å². The fourth-order valence-electron chi connectivity index (χ4n) is 1.94. The van der Waals surface area contributed by atoms with Crippen LogP contribution in [-0.2, 0) is 4.79 Å². The topological polar surface area (TPSA) is 37.3 Å². The average Bonchev–Trinajstić information content (AvgIpc) is 2.03. The number of hydrogen-bond acceptors (Lipinski definition) is 1. The van der Waals surface area contributed by atoms with Crippen LogP contribution in [0.25, 0.3) is 0 Å². The Morgan fingerprint density at radius 1 is 1.36 bits per heavy atom. The minimum atomic E-state index is -3.55. The first-order valence-electron chi connectivity index (χ1n) is 4.87. The molecule has 0 aromatic carbocycles. The van der Waals surface area contributed by atoms with Crippen molar-refractivity contribution in [1.82, 2.24) is 0 Å². The van der Waals surface area contributed by atoms with Gasteiger partial charge in [-0.15, -0.1) is 0 Å². The molecule has 0 atom stereocenters. The highest BCUT2D eigenvalue weighted by Crippen LogP contribution is 2.43. The van der Waals surface area contributed by atoms with Gasteiger partial charge in [-0.05, 0) is 31.1 Å². The van der Waals surface area contributed by atoms with Crippen LogP contribution in [0.2, 0.25) is 0 Å². The van der Waals surface area contributed by atoms with Crippen molar-refractivity contribution in [3.05, 3.63) is 0 Å². The second-order valence-electron chi connectivity index (χ2n) is 4.87. The summed E-state index contributed by atoms with van der Waals surface area (Å²) in [4.78, 5) is 10.3. The monoisotopic (exact) mass is 206 g/mol. The van der Waals surface area contributed by atoms with Crippen molar-refractivity contribution in [2.75, 3.05) is 0 Å². The summed E-state index contributed by atoms with van der Waals surface area (Å²) in [5, 5.41) is 8.37. The zero-order chi connectivity index (χ0) is 11.0. The molecule has 1 aliphatic rings. The van der Waals surface area contributed by atoms with Gasteiger partial charge in [0.2, 0.25) is 0 Å². The molecule has 0 radical (unpaired) electrons. The molecule has 1 aliphatic carbocycles. The summed E-state index contributed by atoms with van der Waals surface area (Å²) in [6.45, 7) is 4.06. The largest absolute Gasteiger partial charge is 0.477 e. The van der Waals surface area contributed by atoms with Gasteiger partial charge >= 0.3 is 11.9 Å². The van der Waals surface area contributed by atoms with E-state index in [1.54, 1.807) is 0 Å². The molecule has 1 N–H and O–H groups in total. The number of halogens is 2. The van der Waals surface area contributed by atoms with Crippen LogP contribution in [0.3, 0.4) is 0 Å². The van der Waals surface area contributed by atoms with Gasteiger partial charge in [-0.25, -0.2) is 4.79 Å². The van der Waals surface area contributed by atoms with Gasteiger partial charge in [0, 0.05) is 5.92 Å². The molecule has 14 heavy (non-hydrogen) atoms. The molecule has 0 heterocycles. The number of aliphatic carboxylic acids is 1. The van der Waals surface area contributed by atoms with E-state index in [1.165, 1.54) is 0 Å². The van der Waals surface area contributed by atoms with E-state index in [2.05, 4.69) is 0 Å². The summed E-state index contributed by atoms with van der Waals surface area (Å²) in [6.07, 6.45) is 1.99. The first-order valence-corrected chi connectivity index (χ1v) is 4.87. The van der Waals surface area contributed by atoms with Crippen LogP contribution in [0, 0.1) is 11.3 Å². The SMILES string of the molecule is CC1(C)CCC(C(F)(F)C(=O)O)CC1. The highest BCUT2D eigenvalue weighted by molar-refractivity contribution is 5.75. The number of hydrogen-bond donors (Lipinski definition) is 1. The van der Waals surface area contributed by atoms with Crippen LogP contribution in [0.1, 0.15) is 39.5 Å². The lowest BCUT2D eigenvalue weighted by Crippen LogP contribution is -2.40. The highest BCUT2D eigenvalue weighted by Gasteiger charge is 2.49. The molecule has 0 spiro atoms. The maximum atomic E-state index is 13.1. The molecule has 0 unspecified atom stereocenters. The van der Waals surface area contributed by atoms with Crippen LogP contribution in [0.15, 0.2) is 0 Å². The minimum Gasteiger partial charge on any atom is -0.477 e. The molecule has 0 bridgehead atoms. The number of rotatable bonds is 2. The number of carboxylic acid groups (broad SMARTS) is 1. The maximum Gasteiger partial charge on any atom is 0.374 e. The van der Waals surface area contributed by atoms with Gasteiger partial charge in [0.25, 0.3) is 0 Å². The standard InChI is InChI=1S/C10H16F2O2/c1-9(2)5-3-7(4-6-9)10(11,12)8(13)14/h7H,3-6H2,1-2H3,(H,13,14). The van der Waals surface area contributed by atoms with Crippen molar-refractivity contribution in [2.45, 2.75) is 45.5 Å². The summed E-state index contributed by atoms with van der Waals surface area (Å²) >= 11 is 0. The van der Waals surface area contributed by atoms with E-state index >= 15 is 0 Å². The van der Waals surface area contributed by atoms with Crippen molar-refractivity contribution in [3.8, 4) is 0 Å². The first kappa shape index (κ1) is 11.4. The number of carboxylic acids is 1. The predicted molar refractivity (Wildman–Crippen MR) is 48.3 cm³/mol. The normalized spacial score (nSPS) is 23.4. The Labute approximate surface area is 82.3 Å². The maximum absolute atomic E-state index is 13.1. The smallest absolute Gasteiger partial charge is 0.374 e. The zero-order valence-electron chi connectivity index (χ0n) is 8.52. The van der Waals surface area contributed by atoms with Gasteiger partial charge < -0.3 is 5.11 Å². The molecular weight excluding hydrogens is 190 g/mol. The second kappa shape index (κ2) is 3.48. The Balaban J connectivity index is 2.62. The van der Waals surface area contributed by atoms with Crippen LogP contribution in [0.5, 0.6) is 0 Å². The number of carbonyl (C=O) groups is 1. The van der Waals surface area contributed by atoms with Gasteiger partial charge in [-0.2, -0.15) is 8.78 Å².